The zero-order valence-corrected chi connectivity index (χ0v) is 11.1. The highest BCUT2D eigenvalue weighted by Gasteiger charge is 2.12. The molecule has 0 radical (unpaired) electrons. The fraction of sp³-hybridized carbons (Fsp3) is 0.364. The highest BCUT2D eigenvalue weighted by atomic mass is 32.2. The topological polar surface area (TPSA) is 62.3 Å². The number of hydrogen-bond acceptors (Lipinski definition) is 4. The first-order chi connectivity index (χ1) is 7.86. The molecule has 0 aliphatic carbocycles. The molecule has 0 aliphatic heterocycles. The first kappa shape index (κ1) is 13.7. The van der Waals surface area contributed by atoms with E-state index in [4.69, 9.17) is 0 Å². The lowest BCUT2D eigenvalue weighted by atomic mass is 10.3. The first-order valence-electron chi connectivity index (χ1n) is 5.12. The van der Waals surface area contributed by atoms with Gasteiger partial charge in [-0.05, 0) is 26.1 Å². The first-order valence-corrected chi connectivity index (χ1v) is 6.60. The molecule has 1 N–H and O–H groups in total. The molecule has 1 rings (SSSR count). The van der Waals surface area contributed by atoms with Gasteiger partial charge in [0.2, 0.25) is 10.0 Å². The summed E-state index contributed by atoms with van der Waals surface area (Å²) in [4.78, 5) is 6.17. The maximum Gasteiger partial charge on any atom is 0.241 e. The highest BCUT2D eigenvalue weighted by molar-refractivity contribution is 7.89. The molecule has 1 aromatic rings. The average Bonchev–Trinajstić information content (AvgIpc) is 2.28. The van der Waals surface area contributed by atoms with Crippen molar-refractivity contribution in [2.45, 2.75) is 11.8 Å². The van der Waals surface area contributed by atoms with E-state index in [1.807, 2.05) is 18.9 Å². The Labute approximate surface area is 102 Å². The minimum atomic E-state index is -3.41. The smallest absolute Gasteiger partial charge is 0.241 e. The minimum absolute atomic E-state index is 0.160. The van der Waals surface area contributed by atoms with Gasteiger partial charge in [-0.1, -0.05) is 12.2 Å². The van der Waals surface area contributed by atoms with Crippen LogP contribution in [0.1, 0.15) is 6.92 Å². The molecule has 0 amide bonds. The zero-order valence-electron chi connectivity index (χ0n) is 10.3. The summed E-state index contributed by atoms with van der Waals surface area (Å²) in [5.41, 5.74) is 1.02. The Kier molecular flexibility index (Phi) is 4.25. The lowest BCUT2D eigenvalue weighted by molar-refractivity contribution is 0.588. The summed E-state index contributed by atoms with van der Waals surface area (Å²) in [6.07, 6.45) is 1.34. The summed E-state index contributed by atoms with van der Waals surface area (Å²) in [7, 11) is -0.163. The van der Waals surface area contributed by atoms with E-state index in [2.05, 4.69) is 16.3 Å². The lowest BCUT2D eigenvalue weighted by Crippen LogP contribution is -2.21. The van der Waals surface area contributed by atoms with Gasteiger partial charge in [0.15, 0.2) is 0 Å². The van der Waals surface area contributed by atoms with Gasteiger partial charge in [-0.15, -0.1) is 0 Å². The second-order valence-electron chi connectivity index (χ2n) is 3.87. The molecule has 94 valence electrons. The second kappa shape index (κ2) is 5.29. The van der Waals surface area contributed by atoms with Crippen molar-refractivity contribution >= 4 is 15.8 Å². The average molecular weight is 255 g/mol. The van der Waals surface area contributed by atoms with Crippen LogP contribution in [0.2, 0.25) is 0 Å². The molecule has 0 bridgehead atoms. The van der Waals surface area contributed by atoms with E-state index in [-0.39, 0.29) is 4.90 Å². The number of hydrogen-bond donors (Lipinski definition) is 1. The van der Waals surface area contributed by atoms with Gasteiger partial charge < -0.3 is 4.90 Å². The fourth-order valence-electron chi connectivity index (χ4n) is 1.36. The Morgan fingerprint density at radius 1 is 1.53 bits per heavy atom. The number of anilines is 1. The van der Waals surface area contributed by atoms with Gasteiger partial charge in [0.25, 0.3) is 0 Å². The van der Waals surface area contributed by atoms with E-state index in [1.54, 1.807) is 6.07 Å². The number of pyridine rings is 1. The van der Waals surface area contributed by atoms with Crippen molar-refractivity contribution in [2.24, 2.45) is 0 Å². The van der Waals surface area contributed by atoms with Gasteiger partial charge in [-0.25, -0.2) is 18.1 Å². The number of sulfonamides is 1. The van der Waals surface area contributed by atoms with Crippen LogP contribution in [0.4, 0.5) is 5.82 Å². The van der Waals surface area contributed by atoms with Crippen LogP contribution >= 0.6 is 0 Å². The third kappa shape index (κ3) is 3.54. The number of rotatable bonds is 5. The largest absolute Gasteiger partial charge is 0.356 e. The molecular formula is C11H17N3O2S. The van der Waals surface area contributed by atoms with Crippen LogP contribution in [0, 0.1) is 0 Å². The normalized spacial score (nSPS) is 11.2. The molecule has 0 unspecified atom stereocenters. The third-order valence-corrected chi connectivity index (χ3v) is 3.60. The van der Waals surface area contributed by atoms with Crippen molar-refractivity contribution in [3.8, 4) is 0 Å². The molecule has 0 spiro atoms. The van der Waals surface area contributed by atoms with Crippen LogP contribution in [-0.4, -0.2) is 34.0 Å². The van der Waals surface area contributed by atoms with E-state index >= 15 is 0 Å². The van der Waals surface area contributed by atoms with E-state index in [9.17, 15) is 8.42 Å². The van der Waals surface area contributed by atoms with E-state index in [0.717, 1.165) is 5.57 Å². The Balaban J connectivity index is 2.92. The van der Waals surface area contributed by atoms with Gasteiger partial charge in [-0.3, -0.25) is 0 Å². The molecule has 5 nitrogen and oxygen atoms in total. The summed E-state index contributed by atoms with van der Waals surface area (Å²) < 4.78 is 25.2. The van der Waals surface area contributed by atoms with E-state index in [0.29, 0.717) is 12.4 Å². The molecule has 17 heavy (non-hydrogen) atoms. The number of aromatic nitrogens is 1. The summed E-state index contributed by atoms with van der Waals surface area (Å²) in [6.45, 7) is 6.43. The van der Waals surface area contributed by atoms with Crippen LogP contribution in [0.3, 0.4) is 0 Å². The molecular weight excluding hydrogens is 238 g/mol. The molecule has 0 aliphatic rings. The number of likely N-dealkylation sites (N-methyl/N-ethyl adjacent to an activating group) is 1. The molecule has 0 fully saturated rings. The quantitative estimate of drug-likeness (QED) is 0.797. The Morgan fingerprint density at radius 2 is 2.18 bits per heavy atom. The maximum atomic E-state index is 11.5. The molecule has 1 heterocycles. The van der Waals surface area contributed by atoms with Gasteiger partial charge >= 0.3 is 0 Å². The monoisotopic (exact) mass is 255 g/mol. The van der Waals surface area contributed by atoms with Crippen LogP contribution in [0.25, 0.3) is 0 Å². The molecule has 0 saturated carbocycles. The van der Waals surface area contributed by atoms with E-state index in [1.165, 1.54) is 19.3 Å². The summed E-state index contributed by atoms with van der Waals surface area (Å²) >= 11 is 0. The van der Waals surface area contributed by atoms with Crippen molar-refractivity contribution in [3.05, 3.63) is 30.5 Å². The van der Waals surface area contributed by atoms with Crippen molar-refractivity contribution < 1.29 is 8.42 Å². The van der Waals surface area contributed by atoms with Crippen LogP contribution in [0.5, 0.6) is 0 Å². The Hall–Kier alpha value is -1.40. The fourth-order valence-corrected chi connectivity index (χ4v) is 2.04. The maximum absolute atomic E-state index is 11.5. The van der Waals surface area contributed by atoms with Crippen molar-refractivity contribution in [1.29, 1.82) is 0 Å². The summed E-state index contributed by atoms with van der Waals surface area (Å²) in [5, 5.41) is 0. The Bertz CT molecular complexity index is 494. The Morgan fingerprint density at radius 3 is 2.59 bits per heavy atom. The summed E-state index contributed by atoms with van der Waals surface area (Å²) in [5.74, 6) is 0.711. The molecule has 6 heteroatoms. The SMILES string of the molecule is C=C(C)CN(C)c1ccc(S(=O)(=O)NC)cn1. The third-order valence-electron chi connectivity index (χ3n) is 2.20. The second-order valence-corrected chi connectivity index (χ2v) is 5.76. The van der Waals surface area contributed by atoms with Crippen LogP contribution in [0.15, 0.2) is 35.4 Å². The van der Waals surface area contributed by atoms with E-state index < -0.39 is 10.0 Å². The predicted molar refractivity (Wildman–Crippen MR) is 68.6 cm³/mol. The number of nitrogens with one attached hydrogen (secondary N) is 1. The van der Waals surface area contributed by atoms with Gasteiger partial charge in [0.1, 0.15) is 10.7 Å². The minimum Gasteiger partial charge on any atom is -0.356 e. The molecule has 1 aromatic heterocycles. The van der Waals surface area contributed by atoms with Gasteiger partial charge in [0, 0.05) is 19.8 Å². The highest BCUT2D eigenvalue weighted by Crippen LogP contribution is 2.13. The standard InChI is InChI=1S/C11H17N3O2S/c1-9(2)8-14(4)11-6-5-10(7-13-11)17(15,16)12-3/h5-7,12H,1,8H2,2-4H3. The van der Waals surface area contributed by atoms with Gasteiger partial charge in [0.05, 0.1) is 0 Å². The molecule has 0 atom stereocenters. The summed E-state index contributed by atoms with van der Waals surface area (Å²) in [6, 6.07) is 3.20. The molecule has 0 saturated heterocycles. The van der Waals surface area contributed by atoms with Crippen molar-refractivity contribution in [3.63, 3.8) is 0 Å². The lowest BCUT2D eigenvalue weighted by Gasteiger charge is -2.18. The predicted octanol–water partition coefficient (Wildman–Crippen LogP) is 1.00. The van der Waals surface area contributed by atoms with Crippen molar-refractivity contribution in [1.82, 2.24) is 9.71 Å². The van der Waals surface area contributed by atoms with Crippen LogP contribution < -0.4 is 9.62 Å². The van der Waals surface area contributed by atoms with Crippen molar-refractivity contribution in [2.75, 3.05) is 25.5 Å². The molecule has 0 aromatic carbocycles. The number of nitrogens with zero attached hydrogens (tertiary/aromatic N) is 2. The zero-order chi connectivity index (χ0) is 13.1. The van der Waals surface area contributed by atoms with Gasteiger partial charge in [-0.2, -0.15) is 0 Å². The van der Waals surface area contributed by atoms with Crippen LogP contribution in [-0.2, 0) is 10.0 Å².